The molecule has 3 N–H and O–H groups in total. The largest absolute Gasteiger partial charge is 0.397 e. The van der Waals surface area contributed by atoms with E-state index in [1.807, 2.05) is 25.1 Å². The van der Waals surface area contributed by atoms with E-state index in [1.165, 1.54) is 0 Å². The minimum Gasteiger partial charge on any atom is -0.397 e. The molecule has 0 aliphatic heterocycles. The average Bonchev–Trinajstić information content (AvgIpc) is 2.83. The Morgan fingerprint density at radius 1 is 1.43 bits per heavy atom. The molecule has 7 heteroatoms. The number of benzene rings is 1. The first kappa shape index (κ1) is 14.8. The lowest BCUT2D eigenvalue weighted by atomic mass is 10.1. The van der Waals surface area contributed by atoms with Crippen LogP contribution in [0.1, 0.15) is 22.1 Å². The highest BCUT2D eigenvalue weighted by atomic mass is 16.5. The number of nitrogens with two attached hydrogens (primary N) is 1. The Balaban J connectivity index is 1.92. The van der Waals surface area contributed by atoms with Gasteiger partial charge in [-0.15, -0.1) is 0 Å². The smallest absolute Gasteiger partial charge is 0.251 e. The number of aromatic nitrogens is 2. The minimum atomic E-state index is -0.174. The Hall–Kier alpha value is -2.57. The first-order valence-corrected chi connectivity index (χ1v) is 6.61. The fraction of sp³-hybridized carbons (Fsp3) is 0.357. The van der Waals surface area contributed by atoms with Gasteiger partial charge in [-0.2, -0.15) is 4.98 Å². The van der Waals surface area contributed by atoms with E-state index in [9.17, 15) is 4.79 Å². The van der Waals surface area contributed by atoms with E-state index in [-0.39, 0.29) is 5.91 Å². The van der Waals surface area contributed by atoms with Crippen LogP contribution in [0.25, 0.3) is 0 Å². The van der Waals surface area contributed by atoms with E-state index in [2.05, 4.69) is 15.5 Å². The molecule has 0 unspecified atom stereocenters. The molecule has 112 valence electrons. The molecular formula is C14H19N5O2. The van der Waals surface area contributed by atoms with Gasteiger partial charge in [0.2, 0.25) is 5.89 Å². The maximum absolute atomic E-state index is 12.0. The fourth-order valence-corrected chi connectivity index (χ4v) is 1.94. The van der Waals surface area contributed by atoms with Crippen LogP contribution >= 0.6 is 0 Å². The first-order valence-electron chi connectivity index (χ1n) is 6.61. The summed E-state index contributed by atoms with van der Waals surface area (Å²) in [6.45, 7) is 2.16. The number of nitrogens with zero attached hydrogens (tertiary/aromatic N) is 3. The molecular weight excluding hydrogens is 270 g/mol. The van der Waals surface area contributed by atoms with Crippen molar-refractivity contribution in [2.24, 2.45) is 0 Å². The van der Waals surface area contributed by atoms with Gasteiger partial charge in [0.25, 0.3) is 5.91 Å². The molecule has 1 aromatic heterocycles. The lowest BCUT2D eigenvalue weighted by Crippen LogP contribution is -2.26. The van der Waals surface area contributed by atoms with Gasteiger partial charge in [-0.25, -0.2) is 0 Å². The summed E-state index contributed by atoms with van der Waals surface area (Å²) < 4.78 is 4.86. The van der Waals surface area contributed by atoms with Crippen LogP contribution in [0.15, 0.2) is 22.7 Å². The molecule has 0 spiro atoms. The van der Waals surface area contributed by atoms with Crippen molar-refractivity contribution in [3.63, 3.8) is 0 Å². The van der Waals surface area contributed by atoms with Gasteiger partial charge in [-0.3, -0.25) is 4.79 Å². The maximum Gasteiger partial charge on any atom is 0.251 e. The fourth-order valence-electron chi connectivity index (χ4n) is 1.94. The maximum atomic E-state index is 12.0. The molecule has 0 radical (unpaired) electrons. The Labute approximate surface area is 123 Å². The highest BCUT2D eigenvalue weighted by Crippen LogP contribution is 2.22. The van der Waals surface area contributed by atoms with Crippen molar-refractivity contribution in [2.45, 2.75) is 13.3 Å². The van der Waals surface area contributed by atoms with Gasteiger partial charge in [0.05, 0.1) is 11.4 Å². The molecule has 1 aromatic carbocycles. The summed E-state index contributed by atoms with van der Waals surface area (Å²) in [7, 11) is 3.80. The second-order valence-corrected chi connectivity index (χ2v) is 4.90. The van der Waals surface area contributed by atoms with Crippen molar-refractivity contribution in [2.75, 3.05) is 31.3 Å². The van der Waals surface area contributed by atoms with Crippen LogP contribution in [0.2, 0.25) is 0 Å². The molecule has 0 atom stereocenters. The predicted molar refractivity (Wildman–Crippen MR) is 80.3 cm³/mol. The van der Waals surface area contributed by atoms with Gasteiger partial charge in [0.15, 0.2) is 5.82 Å². The molecule has 0 aliphatic carbocycles. The SMILES string of the molecule is Cc1nc(CCNC(=O)c2ccc(N(C)C)c(N)c2)no1. The molecule has 1 heterocycles. The Bertz CT molecular complexity index is 636. The number of nitrogen functional groups attached to an aromatic ring is 1. The number of rotatable bonds is 5. The zero-order chi connectivity index (χ0) is 15.4. The molecule has 21 heavy (non-hydrogen) atoms. The Kier molecular flexibility index (Phi) is 4.42. The van der Waals surface area contributed by atoms with Gasteiger partial charge >= 0.3 is 0 Å². The minimum absolute atomic E-state index is 0.174. The standard InChI is InChI=1S/C14H19N5O2/c1-9-17-13(18-21-9)6-7-16-14(20)10-4-5-12(19(2)3)11(15)8-10/h4-5,8H,6-7,15H2,1-3H3,(H,16,20). The summed E-state index contributed by atoms with van der Waals surface area (Å²) in [5.74, 6) is 0.922. The Morgan fingerprint density at radius 3 is 2.76 bits per heavy atom. The van der Waals surface area contributed by atoms with Gasteiger partial charge < -0.3 is 20.5 Å². The molecule has 0 bridgehead atoms. The third kappa shape index (κ3) is 3.71. The zero-order valence-electron chi connectivity index (χ0n) is 12.4. The first-order chi connectivity index (χ1) is 9.97. The van der Waals surface area contributed by atoms with E-state index >= 15 is 0 Å². The summed E-state index contributed by atoms with van der Waals surface area (Å²) in [6.07, 6.45) is 0.522. The normalized spacial score (nSPS) is 10.4. The lowest BCUT2D eigenvalue weighted by molar-refractivity contribution is 0.0954. The molecule has 2 rings (SSSR count). The number of nitrogens with one attached hydrogen (secondary N) is 1. The molecule has 2 aromatic rings. The number of carbonyl (C=O) groups excluding carboxylic acids is 1. The zero-order valence-corrected chi connectivity index (χ0v) is 12.4. The van der Waals surface area contributed by atoms with E-state index in [1.54, 1.807) is 19.1 Å². The second kappa shape index (κ2) is 6.25. The number of hydrogen-bond donors (Lipinski definition) is 2. The third-order valence-electron chi connectivity index (χ3n) is 2.98. The van der Waals surface area contributed by atoms with Gasteiger partial charge in [0.1, 0.15) is 0 Å². The van der Waals surface area contributed by atoms with Crippen molar-refractivity contribution in [1.29, 1.82) is 0 Å². The van der Waals surface area contributed by atoms with Crippen LogP contribution in [-0.2, 0) is 6.42 Å². The summed E-state index contributed by atoms with van der Waals surface area (Å²) in [4.78, 5) is 18.0. The monoisotopic (exact) mass is 289 g/mol. The average molecular weight is 289 g/mol. The van der Waals surface area contributed by atoms with Crippen LogP contribution in [0, 0.1) is 6.92 Å². The van der Waals surface area contributed by atoms with E-state index < -0.39 is 0 Å². The number of carbonyl (C=O) groups is 1. The van der Waals surface area contributed by atoms with Crippen molar-refractivity contribution in [3.05, 3.63) is 35.5 Å². The van der Waals surface area contributed by atoms with Crippen LogP contribution in [0.5, 0.6) is 0 Å². The number of anilines is 2. The van der Waals surface area contributed by atoms with Crippen LogP contribution in [0.4, 0.5) is 11.4 Å². The van der Waals surface area contributed by atoms with Gasteiger partial charge in [-0.05, 0) is 18.2 Å². The van der Waals surface area contributed by atoms with Crippen molar-refractivity contribution >= 4 is 17.3 Å². The van der Waals surface area contributed by atoms with Crippen LogP contribution in [-0.4, -0.2) is 36.7 Å². The summed E-state index contributed by atoms with van der Waals surface area (Å²) in [5, 5.41) is 6.57. The topological polar surface area (TPSA) is 97.3 Å². The summed E-state index contributed by atoms with van der Waals surface area (Å²) in [5.41, 5.74) is 7.91. The van der Waals surface area contributed by atoms with E-state index in [0.717, 1.165) is 5.69 Å². The number of amides is 1. The quantitative estimate of drug-likeness (QED) is 0.797. The van der Waals surface area contributed by atoms with Crippen molar-refractivity contribution in [1.82, 2.24) is 15.5 Å². The molecule has 7 nitrogen and oxygen atoms in total. The third-order valence-corrected chi connectivity index (χ3v) is 2.98. The summed E-state index contributed by atoms with van der Waals surface area (Å²) >= 11 is 0. The van der Waals surface area contributed by atoms with Crippen LogP contribution in [0.3, 0.4) is 0 Å². The van der Waals surface area contributed by atoms with E-state index in [0.29, 0.717) is 35.9 Å². The van der Waals surface area contributed by atoms with Crippen molar-refractivity contribution < 1.29 is 9.32 Å². The van der Waals surface area contributed by atoms with Gasteiger partial charge in [-0.1, -0.05) is 5.16 Å². The predicted octanol–water partition coefficient (Wildman–Crippen LogP) is 0.999. The highest BCUT2D eigenvalue weighted by Gasteiger charge is 2.09. The molecule has 1 amide bonds. The second-order valence-electron chi connectivity index (χ2n) is 4.90. The van der Waals surface area contributed by atoms with Crippen LogP contribution < -0.4 is 16.0 Å². The van der Waals surface area contributed by atoms with Gasteiger partial charge in [0, 0.05) is 39.5 Å². The van der Waals surface area contributed by atoms with E-state index in [4.69, 9.17) is 10.3 Å². The molecule has 0 aliphatic rings. The number of hydrogen-bond acceptors (Lipinski definition) is 6. The molecule has 0 fully saturated rings. The Morgan fingerprint density at radius 2 is 2.19 bits per heavy atom. The summed E-state index contributed by atoms with van der Waals surface area (Å²) in [6, 6.07) is 5.25. The lowest BCUT2D eigenvalue weighted by Gasteiger charge is -2.15. The number of aryl methyl sites for hydroxylation is 1. The molecule has 0 saturated heterocycles. The van der Waals surface area contributed by atoms with Crippen molar-refractivity contribution in [3.8, 4) is 0 Å². The molecule has 0 saturated carbocycles. The highest BCUT2D eigenvalue weighted by molar-refractivity contribution is 5.96.